The summed E-state index contributed by atoms with van der Waals surface area (Å²) in [6, 6.07) is 9.44. The molecule has 0 spiro atoms. The first kappa shape index (κ1) is 16.3. The molecule has 0 saturated carbocycles. The van der Waals surface area contributed by atoms with Crippen molar-refractivity contribution in [3.63, 3.8) is 0 Å². The Kier molecular flexibility index (Phi) is 5.38. The molecule has 1 aromatic carbocycles. The lowest BCUT2D eigenvalue weighted by Crippen LogP contribution is -2.27. The van der Waals surface area contributed by atoms with Crippen molar-refractivity contribution in [2.75, 3.05) is 18.2 Å². The number of benzene rings is 1. The van der Waals surface area contributed by atoms with Gasteiger partial charge in [-0.3, -0.25) is 9.59 Å². The maximum atomic E-state index is 12.3. The van der Waals surface area contributed by atoms with E-state index >= 15 is 0 Å². The topological polar surface area (TPSA) is 66.1 Å². The van der Waals surface area contributed by atoms with Gasteiger partial charge in [-0.2, -0.15) is 0 Å². The van der Waals surface area contributed by atoms with Crippen LogP contribution in [0.2, 0.25) is 0 Å². The summed E-state index contributed by atoms with van der Waals surface area (Å²) >= 11 is 1.39. The second-order valence-corrected chi connectivity index (χ2v) is 5.72. The van der Waals surface area contributed by atoms with Crippen LogP contribution in [-0.2, 0) is 11.2 Å². The van der Waals surface area contributed by atoms with Crippen LogP contribution in [0.25, 0.3) is 0 Å². The molecule has 22 heavy (non-hydrogen) atoms. The quantitative estimate of drug-likeness (QED) is 0.679. The second kappa shape index (κ2) is 7.26. The summed E-state index contributed by atoms with van der Waals surface area (Å²) in [4.78, 5) is 32.9. The number of amides is 1. The number of thioether (sulfide) groups is 1. The zero-order valence-corrected chi connectivity index (χ0v) is 13.7. The predicted octanol–water partition coefficient (Wildman–Crippen LogP) is 2.40. The summed E-state index contributed by atoms with van der Waals surface area (Å²) in [6.07, 6.45) is 2.52. The van der Waals surface area contributed by atoms with Crippen molar-refractivity contribution in [3.05, 3.63) is 51.9 Å². The van der Waals surface area contributed by atoms with Crippen LogP contribution < -0.4 is 10.5 Å². The van der Waals surface area contributed by atoms with E-state index in [0.717, 1.165) is 5.69 Å². The average molecular weight is 317 g/mol. The van der Waals surface area contributed by atoms with Crippen LogP contribution in [0.1, 0.15) is 17.7 Å². The van der Waals surface area contributed by atoms with Gasteiger partial charge in [0.05, 0.1) is 0 Å². The Labute approximate surface area is 133 Å². The molecule has 1 N–H and O–H groups in total. The van der Waals surface area contributed by atoms with Gasteiger partial charge in [0.2, 0.25) is 5.91 Å². The SMILES string of the molecule is CSc1nc(C)c(CCC(=O)N(C)c2ccccc2)c(=O)[nH]1. The molecule has 0 aliphatic heterocycles. The molecule has 0 bridgehead atoms. The van der Waals surface area contributed by atoms with Crippen LogP contribution in [0.5, 0.6) is 0 Å². The number of aromatic nitrogens is 2. The van der Waals surface area contributed by atoms with Crippen molar-refractivity contribution < 1.29 is 4.79 Å². The van der Waals surface area contributed by atoms with Crippen LogP contribution in [0.4, 0.5) is 5.69 Å². The minimum atomic E-state index is -0.160. The Morgan fingerprint density at radius 3 is 2.59 bits per heavy atom. The fourth-order valence-corrected chi connectivity index (χ4v) is 2.59. The number of anilines is 1. The number of hydrogen-bond donors (Lipinski definition) is 1. The lowest BCUT2D eigenvalue weighted by Gasteiger charge is -2.17. The molecule has 0 fully saturated rings. The molecule has 116 valence electrons. The third-order valence-electron chi connectivity index (χ3n) is 3.50. The Bertz CT molecular complexity index is 713. The number of hydrogen-bond acceptors (Lipinski definition) is 4. The van der Waals surface area contributed by atoms with Gasteiger partial charge < -0.3 is 9.88 Å². The highest BCUT2D eigenvalue weighted by molar-refractivity contribution is 7.98. The van der Waals surface area contributed by atoms with Gasteiger partial charge in [0.1, 0.15) is 0 Å². The highest BCUT2D eigenvalue weighted by atomic mass is 32.2. The molecular formula is C16H19N3O2S. The van der Waals surface area contributed by atoms with Crippen LogP contribution in [0.3, 0.4) is 0 Å². The third kappa shape index (κ3) is 3.76. The molecule has 0 saturated heterocycles. The number of nitrogens with zero attached hydrogens (tertiary/aromatic N) is 2. The summed E-state index contributed by atoms with van der Waals surface area (Å²) in [5.41, 5.74) is 1.94. The van der Waals surface area contributed by atoms with E-state index in [1.165, 1.54) is 11.8 Å². The number of carbonyl (C=O) groups is 1. The lowest BCUT2D eigenvalue weighted by atomic mass is 10.1. The monoisotopic (exact) mass is 317 g/mol. The van der Waals surface area contributed by atoms with Gasteiger partial charge in [0.15, 0.2) is 5.16 Å². The molecule has 5 nitrogen and oxygen atoms in total. The van der Waals surface area contributed by atoms with Crippen LogP contribution in [-0.4, -0.2) is 29.2 Å². The number of H-pyrrole nitrogens is 1. The fraction of sp³-hybridized carbons (Fsp3) is 0.312. The first-order valence-corrected chi connectivity index (χ1v) is 8.20. The Balaban J connectivity index is 2.07. The number of carbonyl (C=O) groups excluding carboxylic acids is 1. The molecule has 0 aliphatic rings. The highest BCUT2D eigenvalue weighted by Gasteiger charge is 2.14. The van der Waals surface area contributed by atoms with Crippen molar-refractivity contribution >= 4 is 23.4 Å². The van der Waals surface area contributed by atoms with Crippen molar-refractivity contribution in [1.82, 2.24) is 9.97 Å². The van der Waals surface area contributed by atoms with Gasteiger partial charge in [0.25, 0.3) is 5.56 Å². The largest absolute Gasteiger partial charge is 0.315 e. The van der Waals surface area contributed by atoms with Gasteiger partial charge in [-0.25, -0.2) is 4.98 Å². The molecular weight excluding hydrogens is 298 g/mol. The van der Waals surface area contributed by atoms with E-state index in [1.54, 1.807) is 18.9 Å². The Morgan fingerprint density at radius 2 is 2.00 bits per heavy atom. The molecule has 2 aromatic rings. The summed E-state index contributed by atoms with van der Waals surface area (Å²) in [7, 11) is 1.74. The molecule has 2 rings (SSSR count). The van der Waals surface area contributed by atoms with E-state index in [2.05, 4.69) is 9.97 Å². The van der Waals surface area contributed by atoms with Crippen molar-refractivity contribution in [2.24, 2.45) is 0 Å². The highest BCUT2D eigenvalue weighted by Crippen LogP contribution is 2.14. The summed E-state index contributed by atoms with van der Waals surface area (Å²) in [6.45, 7) is 1.80. The molecule has 0 atom stereocenters. The molecule has 0 radical (unpaired) electrons. The number of aryl methyl sites for hydroxylation is 1. The van der Waals surface area contributed by atoms with E-state index in [0.29, 0.717) is 22.8 Å². The van der Waals surface area contributed by atoms with E-state index in [1.807, 2.05) is 36.6 Å². The average Bonchev–Trinajstić information content (AvgIpc) is 2.53. The van der Waals surface area contributed by atoms with E-state index in [9.17, 15) is 9.59 Å². The van der Waals surface area contributed by atoms with E-state index in [-0.39, 0.29) is 17.9 Å². The summed E-state index contributed by atoms with van der Waals surface area (Å²) in [5, 5.41) is 0.596. The fourth-order valence-electron chi connectivity index (χ4n) is 2.17. The normalized spacial score (nSPS) is 10.5. The maximum Gasteiger partial charge on any atom is 0.254 e. The van der Waals surface area contributed by atoms with Crippen LogP contribution in [0.15, 0.2) is 40.3 Å². The number of rotatable bonds is 5. The molecule has 1 amide bonds. The zero-order chi connectivity index (χ0) is 16.1. The zero-order valence-electron chi connectivity index (χ0n) is 12.9. The first-order valence-electron chi connectivity index (χ1n) is 6.98. The molecule has 6 heteroatoms. The molecule has 1 heterocycles. The minimum Gasteiger partial charge on any atom is -0.315 e. The second-order valence-electron chi connectivity index (χ2n) is 4.93. The Hall–Kier alpha value is -2.08. The lowest BCUT2D eigenvalue weighted by molar-refractivity contribution is -0.118. The molecule has 0 unspecified atom stereocenters. The number of aromatic amines is 1. The van der Waals surface area contributed by atoms with Gasteiger partial charge in [-0.1, -0.05) is 30.0 Å². The smallest absolute Gasteiger partial charge is 0.254 e. The summed E-state index contributed by atoms with van der Waals surface area (Å²) in [5.74, 6) is -0.0288. The number of para-hydroxylation sites is 1. The maximum absolute atomic E-state index is 12.3. The Morgan fingerprint density at radius 1 is 1.32 bits per heavy atom. The molecule has 1 aromatic heterocycles. The predicted molar refractivity (Wildman–Crippen MR) is 89.5 cm³/mol. The van der Waals surface area contributed by atoms with Crippen LogP contribution >= 0.6 is 11.8 Å². The van der Waals surface area contributed by atoms with Gasteiger partial charge in [-0.05, 0) is 31.7 Å². The van der Waals surface area contributed by atoms with Gasteiger partial charge >= 0.3 is 0 Å². The van der Waals surface area contributed by atoms with Crippen molar-refractivity contribution in [1.29, 1.82) is 0 Å². The minimum absolute atomic E-state index is 0.0288. The standard InChI is InChI=1S/C16H19N3O2S/c1-11-13(15(21)18-16(17-11)22-3)9-10-14(20)19(2)12-7-5-4-6-8-12/h4-8H,9-10H2,1-3H3,(H,17,18,21). The van der Waals surface area contributed by atoms with Crippen LogP contribution in [0, 0.1) is 6.92 Å². The number of nitrogens with one attached hydrogen (secondary N) is 1. The van der Waals surface area contributed by atoms with Crippen molar-refractivity contribution in [3.8, 4) is 0 Å². The van der Waals surface area contributed by atoms with E-state index in [4.69, 9.17) is 0 Å². The van der Waals surface area contributed by atoms with Gasteiger partial charge in [0, 0.05) is 30.4 Å². The first-order chi connectivity index (χ1) is 10.5. The molecule has 0 aliphatic carbocycles. The van der Waals surface area contributed by atoms with Gasteiger partial charge in [-0.15, -0.1) is 0 Å². The van der Waals surface area contributed by atoms with Crippen molar-refractivity contribution in [2.45, 2.75) is 24.9 Å². The summed E-state index contributed by atoms with van der Waals surface area (Å²) < 4.78 is 0. The van der Waals surface area contributed by atoms with E-state index < -0.39 is 0 Å². The third-order valence-corrected chi connectivity index (χ3v) is 4.08.